The van der Waals surface area contributed by atoms with Crippen LogP contribution < -0.4 is 0 Å². The van der Waals surface area contributed by atoms with Gasteiger partial charge in [-0.1, -0.05) is 81.9 Å². The minimum absolute atomic E-state index is 0.0666. The fourth-order valence-corrected chi connectivity index (χ4v) is 3.46. The molecule has 0 atom stereocenters. The van der Waals surface area contributed by atoms with Crippen LogP contribution in [0.25, 0.3) is 0 Å². The summed E-state index contributed by atoms with van der Waals surface area (Å²) >= 11 is 25.0. The second kappa shape index (κ2) is 7.71. The van der Waals surface area contributed by atoms with Crippen LogP contribution in [0.1, 0.15) is 15.9 Å². The monoisotopic (exact) mass is 391 g/mol. The zero-order valence-electron chi connectivity index (χ0n) is 11.2. The number of ketones is 1. The topological polar surface area (TPSA) is 30.0 Å². The van der Waals surface area contributed by atoms with E-state index in [1.807, 2.05) is 25.1 Å². The average Bonchev–Trinajstić information content (AvgIpc) is 2.48. The van der Waals surface area contributed by atoms with Gasteiger partial charge >= 0.3 is 0 Å². The van der Waals surface area contributed by atoms with Crippen molar-refractivity contribution in [1.29, 1.82) is 0 Å². The number of halogens is 4. The normalized spacial score (nSPS) is 11.1. The van der Waals surface area contributed by atoms with Gasteiger partial charge < -0.3 is 0 Å². The van der Waals surface area contributed by atoms with Crippen LogP contribution in [0, 0.1) is 6.92 Å². The molecule has 7 heteroatoms. The number of carbonyl (C=O) groups excluding carboxylic acids is 1. The maximum absolute atomic E-state index is 12.1. The summed E-state index contributed by atoms with van der Waals surface area (Å²) < 4.78 is 0. The van der Waals surface area contributed by atoms with Crippen molar-refractivity contribution < 1.29 is 4.79 Å². The Morgan fingerprint density at radius 2 is 1.77 bits per heavy atom. The Morgan fingerprint density at radius 3 is 2.36 bits per heavy atom. The number of aryl methyl sites for hydroxylation is 1. The highest BCUT2D eigenvalue weighted by Crippen LogP contribution is 2.41. The SMILES string of the molecule is Cc1cccc(C(=O)C=CSc2c(Cl)c(Cl)nc(Cl)c2Cl)c1. The van der Waals surface area contributed by atoms with E-state index in [2.05, 4.69) is 4.98 Å². The Bertz CT molecular complexity index is 735. The van der Waals surface area contributed by atoms with Crippen LogP contribution in [0.5, 0.6) is 0 Å². The summed E-state index contributed by atoms with van der Waals surface area (Å²) in [4.78, 5) is 16.3. The Balaban J connectivity index is 2.18. The lowest BCUT2D eigenvalue weighted by Gasteiger charge is -2.06. The third-order valence-corrected chi connectivity index (χ3v) is 5.28. The van der Waals surface area contributed by atoms with E-state index in [4.69, 9.17) is 46.4 Å². The number of carbonyl (C=O) groups is 1. The number of rotatable bonds is 4. The molecule has 2 rings (SSSR count). The first-order valence-corrected chi connectivity index (χ1v) is 8.43. The highest BCUT2D eigenvalue weighted by molar-refractivity contribution is 8.02. The summed E-state index contributed by atoms with van der Waals surface area (Å²) in [5.41, 5.74) is 1.63. The Hall–Kier alpha value is -0.710. The number of hydrogen-bond donors (Lipinski definition) is 0. The number of nitrogens with zero attached hydrogens (tertiary/aromatic N) is 1. The number of allylic oxidation sites excluding steroid dienone is 1. The standard InChI is InChI=1S/C15H9Cl4NOS/c1-8-3-2-4-9(7-8)10(21)5-6-22-13-11(16)14(18)20-15(19)12(13)17/h2-7H,1H3. The molecule has 0 fully saturated rings. The van der Waals surface area contributed by atoms with Gasteiger partial charge in [-0.25, -0.2) is 4.98 Å². The molecule has 0 bridgehead atoms. The van der Waals surface area contributed by atoms with Crippen LogP contribution in [-0.4, -0.2) is 10.8 Å². The third-order valence-electron chi connectivity index (χ3n) is 2.67. The van der Waals surface area contributed by atoms with Crippen molar-refractivity contribution in [2.75, 3.05) is 0 Å². The molecule has 0 radical (unpaired) electrons. The summed E-state index contributed by atoms with van der Waals surface area (Å²) in [7, 11) is 0. The van der Waals surface area contributed by atoms with Crippen LogP contribution in [0.2, 0.25) is 20.4 Å². The van der Waals surface area contributed by atoms with Gasteiger partial charge in [-0.2, -0.15) is 0 Å². The molecule has 2 nitrogen and oxygen atoms in total. The Labute approximate surface area is 152 Å². The van der Waals surface area contributed by atoms with Crippen molar-refractivity contribution in [2.24, 2.45) is 0 Å². The van der Waals surface area contributed by atoms with Crippen LogP contribution in [-0.2, 0) is 0 Å². The molecule has 0 aliphatic carbocycles. The Kier molecular flexibility index (Phi) is 6.18. The van der Waals surface area contributed by atoms with E-state index in [9.17, 15) is 4.79 Å². The number of hydrogen-bond acceptors (Lipinski definition) is 3. The number of benzene rings is 1. The van der Waals surface area contributed by atoms with Crippen molar-refractivity contribution >= 4 is 63.9 Å². The van der Waals surface area contributed by atoms with Crippen molar-refractivity contribution in [3.8, 4) is 0 Å². The average molecular weight is 393 g/mol. The fraction of sp³-hybridized carbons (Fsp3) is 0.0667. The summed E-state index contributed by atoms with van der Waals surface area (Å²) in [6.07, 6.45) is 1.44. The van der Waals surface area contributed by atoms with Crippen molar-refractivity contribution in [2.45, 2.75) is 11.8 Å². The van der Waals surface area contributed by atoms with Gasteiger partial charge in [0, 0.05) is 5.56 Å². The van der Waals surface area contributed by atoms with E-state index in [1.54, 1.807) is 11.5 Å². The van der Waals surface area contributed by atoms with Crippen LogP contribution >= 0.6 is 58.2 Å². The van der Waals surface area contributed by atoms with Gasteiger partial charge in [0.05, 0.1) is 14.9 Å². The van der Waals surface area contributed by atoms with Gasteiger partial charge in [0.1, 0.15) is 0 Å². The van der Waals surface area contributed by atoms with Gasteiger partial charge in [-0.15, -0.1) is 0 Å². The molecule has 0 amide bonds. The molecule has 1 aromatic heterocycles. The largest absolute Gasteiger partial charge is 0.289 e. The van der Waals surface area contributed by atoms with E-state index < -0.39 is 0 Å². The first-order chi connectivity index (χ1) is 10.4. The second-order valence-electron chi connectivity index (χ2n) is 4.30. The molecular weight excluding hydrogens is 384 g/mol. The van der Waals surface area contributed by atoms with Crippen molar-refractivity contribution in [3.63, 3.8) is 0 Å². The zero-order chi connectivity index (χ0) is 16.3. The lowest BCUT2D eigenvalue weighted by atomic mass is 10.1. The molecule has 0 aliphatic rings. The zero-order valence-corrected chi connectivity index (χ0v) is 15.1. The molecular formula is C15H9Cl4NOS. The lowest BCUT2D eigenvalue weighted by Crippen LogP contribution is -1.93. The van der Waals surface area contributed by atoms with Crippen LogP contribution in [0.4, 0.5) is 0 Å². The molecule has 2 aromatic rings. The number of thioether (sulfide) groups is 1. The number of aromatic nitrogens is 1. The van der Waals surface area contributed by atoms with Crippen LogP contribution in [0.3, 0.4) is 0 Å². The lowest BCUT2D eigenvalue weighted by molar-refractivity contribution is 0.104. The van der Waals surface area contributed by atoms with Crippen molar-refractivity contribution in [1.82, 2.24) is 4.98 Å². The van der Waals surface area contributed by atoms with E-state index in [0.717, 1.165) is 17.3 Å². The summed E-state index contributed by atoms with van der Waals surface area (Å²) in [6, 6.07) is 7.33. The predicted molar refractivity (Wildman–Crippen MR) is 94.8 cm³/mol. The molecule has 0 saturated heterocycles. The number of pyridine rings is 1. The molecule has 114 valence electrons. The Morgan fingerprint density at radius 1 is 1.14 bits per heavy atom. The van der Waals surface area contributed by atoms with Gasteiger partial charge in [0.25, 0.3) is 0 Å². The minimum atomic E-state index is -0.116. The first kappa shape index (κ1) is 17.6. The quantitative estimate of drug-likeness (QED) is 0.257. The molecule has 0 N–H and O–H groups in total. The highest BCUT2D eigenvalue weighted by atomic mass is 35.5. The smallest absolute Gasteiger partial charge is 0.186 e. The summed E-state index contributed by atoms with van der Waals surface area (Å²) in [5, 5.41) is 2.13. The van der Waals surface area contributed by atoms with Gasteiger partial charge in [0.15, 0.2) is 16.1 Å². The van der Waals surface area contributed by atoms with E-state index in [-0.39, 0.29) is 26.1 Å². The predicted octanol–water partition coefficient (Wildman–Crippen LogP) is 6.49. The van der Waals surface area contributed by atoms with Gasteiger partial charge in [-0.05, 0) is 24.5 Å². The summed E-state index contributed by atoms with van der Waals surface area (Å²) in [6.45, 7) is 1.93. The van der Waals surface area contributed by atoms with E-state index >= 15 is 0 Å². The molecule has 0 spiro atoms. The molecule has 1 heterocycles. The summed E-state index contributed by atoms with van der Waals surface area (Å²) in [5.74, 6) is -0.116. The maximum Gasteiger partial charge on any atom is 0.186 e. The van der Waals surface area contributed by atoms with Crippen molar-refractivity contribution in [3.05, 3.63) is 67.2 Å². The molecule has 22 heavy (non-hydrogen) atoms. The molecule has 0 unspecified atom stereocenters. The minimum Gasteiger partial charge on any atom is -0.289 e. The van der Waals surface area contributed by atoms with Gasteiger partial charge in [-0.3, -0.25) is 4.79 Å². The fourth-order valence-electron chi connectivity index (χ4n) is 1.63. The maximum atomic E-state index is 12.1. The first-order valence-electron chi connectivity index (χ1n) is 6.04. The molecule has 0 aliphatic heterocycles. The molecule has 1 aromatic carbocycles. The second-order valence-corrected chi connectivity index (χ2v) is 6.69. The van der Waals surface area contributed by atoms with Crippen LogP contribution in [0.15, 0.2) is 40.6 Å². The third kappa shape index (κ3) is 4.18. The van der Waals surface area contributed by atoms with Gasteiger partial charge in [0.2, 0.25) is 0 Å². The molecule has 0 saturated carbocycles. The highest BCUT2D eigenvalue weighted by Gasteiger charge is 2.15. The van der Waals surface area contributed by atoms with E-state index in [1.165, 1.54) is 6.08 Å². The van der Waals surface area contributed by atoms with E-state index in [0.29, 0.717) is 10.5 Å².